The van der Waals surface area contributed by atoms with Crippen LogP contribution in [0.1, 0.15) is 64.8 Å². The van der Waals surface area contributed by atoms with E-state index in [2.05, 4.69) is 10.6 Å². The van der Waals surface area contributed by atoms with Crippen LogP contribution in [0.3, 0.4) is 0 Å². The van der Waals surface area contributed by atoms with Gasteiger partial charge in [0.25, 0.3) is 11.8 Å². The molecule has 148 valence electrons. The zero-order valence-corrected chi connectivity index (χ0v) is 15.6. The van der Waals surface area contributed by atoms with Crippen molar-refractivity contribution in [2.24, 2.45) is 5.73 Å². The van der Waals surface area contributed by atoms with Gasteiger partial charge in [-0.15, -0.1) is 0 Å². The van der Waals surface area contributed by atoms with Crippen molar-refractivity contribution < 1.29 is 19.2 Å². The highest BCUT2D eigenvalue weighted by Crippen LogP contribution is 2.28. The predicted molar refractivity (Wildman–Crippen MR) is 100 cm³/mol. The number of hydrogen-bond acceptors (Lipinski definition) is 6. The number of rotatable bonds is 4. The van der Waals surface area contributed by atoms with E-state index in [0.29, 0.717) is 17.7 Å². The zero-order chi connectivity index (χ0) is 19.8. The Balaban J connectivity index is 1.49. The van der Waals surface area contributed by atoms with Crippen molar-refractivity contribution in [2.45, 2.75) is 63.2 Å². The number of nitrogens with two attached hydrogens (primary N) is 1. The molecule has 4 rings (SSSR count). The Morgan fingerprint density at radius 1 is 1.04 bits per heavy atom. The molecule has 2 aliphatic heterocycles. The highest BCUT2D eigenvalue weighted by Gasteiger charge is 2.44. The number of carbonyl (C=O) groups is 4. The van der Waals surface area contributed by atoms with Gasteiger partial charge in [-0.1, -0.05) is 18.9 Å². The van der Waals surface area contributed by atoms with Crippen molar-refractivity contribution in [3.05, 3.63) is 34.9 Å². The molecule has 1 aromatic rings. The lowest BCUT2D eigenvalue weighted by Gasteiger charge is -2.29. The van der Waals surface area contributed by atoms with Gasteiger partial charge in [-0.05, 0) is 37.0 Å². The Hall–Kier alpha value is -2.58. The Labute approximate surface area is 162 Å². The first-order chi connectivity index (χ1) is 13.5. The summed E-state index contributed by atoms with van der Waals surface area (Å²) in [4.78, 5) is 50.0. The number of nitrogens with zero attached hydrogens (tertiary/aromatic N) is 1. The minimum atomic E-state index is -0.938. The minimum absolute atomic E-state index is 0.112. The van der Waals surface area contributed by atoms with Crippen molar-refractivity contribution in [1.29, 1.82) is 0 Å². The Kier molecular flexibility index (Phi) is 4.99. The van der Waals surface area contributed by atoms with Crippen molar-refractivity contribution in [3.8, 4) is 0 Å². The molecule has 1 unspecified atom stereocenters. The maximum Gasteiger partial charge on any atom is 0.262 e. The third-order valence-electron chi connectivity index (χ3n) is 5.89. The van der Waals surface area contributed by atoms with Crippen LogP contribution in [0.5, 0.6) is 0 Å². The summed E-state index contributed by atoms with van der Waals surface area (Å²) in [6.07, 6.45) is 4.63. The van der Waals surface area contributed by atoms with Gasteiger partial charge in [0.15, 0.2) is 0 Å². The van der Waals surface area contributed by atoms with Crippen molar-refractivity contribution in [1.82, 2.24) is 15.5 Å². The monoisotopic (exact) mass is 384 g/mol. The molecule has 2 heterocycles. The standard InChI is InChI=1S/C20H24N4O4/c21-14-3-1-2-4-15(14)22-10-11-5-6-12-13(9-11)20(28)24(19(12)27)16-7-8-17(25)23-18(16)26/h5-6,9,14-16,22H,1-4,7-8,10,21H2,(H,23,25,26)/t14-,15+,16?/m0/s1. The van der Waals surface area contributed by atoms with E-state index in [-0.39, 0.29) is 30.8 Å². The van der Waals surface area contributed by atoms with Gasteiger partial charge in [0.1, 0.15) is 6.04 Å². The van der Waals surface area contributed by atoms with E-state index in [9.17, 15) is 19.2 Å². The fraction of sp³-hybridized carbons (Fsp3) is 0.500. The largest absolute Gasteiger partial charge is 0.326 e. The number of imide groups is 2. The van der Waals surface area contributed by atoms with Crippen LogP contribution in [0.4, 0.5) is 0 Å². The molecular weight excluding hydrogens is 360 g/mol. The number of benzene rings is 1. The highest BCUT2D eigenvalue weighted by atomic mass is 16.2. The van der Waals surface area contributed by atoms with E-state index in [1.54, 1.807) is 12.1 Å². The second-order valence-electron chi connectivity index (χ2n) is 7.76. The fourth-order valence-electron chi connectivity index (χ4n) is 4.29. The average molecular weight is 384 g/mol. The molecular formula is C20H24N4O4. The van der Waals surface area contributed by atoms with Crippen LogP contribution in [0.15, 0.2) is 18.2 Å². The number of fused-ring (bicyclic) bond motifs is 1. The van der Waals surface area contributed by atoms with Gasteiger partial charge >= 0.3 is 0 Å². The quantitative estimate of drug-likeness (QED) is 0.648. The summed E-state index contributed by atoms with van der Waals surface area (Å²) in [6, 6.07) is 4.61. The summed E-state index contributed by atoms with van der Waals surface area (Å²) in [5, 5.41) is 5.66. The summed E-state index contributed by atoms with van der Waals surface area (Å²) in [7, 11) is 0. The van der Waals surface area contributed by atoms with Gasteiger partial charge in [0, 0.05) is 25.0 Å². The molecule has 0 radical (unpaired) electrons. The molecule has 0 spiro atoms. The molecule has 0 aromatic heterocycles. The molecule has 1 aliphatic carbocycles. The smallest absolute Gasteiger partial charge is 0.262 e. The number of carbonyl (C=O) groups excluding carboxylic acids is 4. The summed E-state index contributed by atoms with van der Waals surface area (Å²) < 4.78 is 0. The SMILES string of the molecule is N[C@H]1CCCC[C@H]1NCc1ccc2c(c1)C(=O)N(C1CCC(=O)NC1=O)C2=O. The van der Waals surface area contributed by atoms with E-state index in [1.165, 1.54) is 0 Å². The van der Waals surface area contributed by atoms with Crippen LogP contribution in [0, 0.1) is 0 Å². The Morgan fingerprint density at radius 2 is 1.79 bits per heavy atom. The minimum Gasteiger partial charge on any atom is -0.326 e. The lowest BCUT2D eigenvalue weighted by molar-refractivity contribution is -0.136. The first-order valence-electron chi connectivity index (χ1n) is 9.79. The first kappa shape index (κ1) is 18.8. The van der Waals surface area contributed by atoms with Crippen molar-refractivity contribution >= 4 is 23.6 Å². The first-order valence-corrected chi connectivity index (χ1v) is 9.79. The zero-order valence-electron chi connectivity index (χ0n) is 15.6. The molecule has 1 aromatic carbocycles. The molecule has 1 saturated carbocycles. The summed E-state index contributed by atoms with van der Waals surface area (Å²) in [6.45, 7) is 0.561. The van der Waals surface area contributed by atoms with Gasteiger partial charge in [0.2, 0.25) is 11.8 Å². The topological polar surface area (TPSA) is 122 Å². The molecule has 8 nitrogen and oxygen atoms in total. The maximum atomic E-state index is 12.8. The molecule has 3 aliphatic rings. The average Bonchev–Trinajstić information content (AvgIpc) is 2.92. The highest BCUT2D eigenvalue weighted by molar-refractivity contribution is 6.23. The lowest BCUT2D eigenvalue weighted by Crippen LogP contribution is -2.54. The van der Waals surface area contributed by atoms with Crippen LogP contribution in [0.25, 0.3) is 0 Å². The maximum absolute atomic E-state index is 12.8. The van der Waals surface area contributed by atoms with E-state index in [0.717, 1.165) is 36.1 Å². The summed E-state index contributed by atoms with van der Waals surface area (Å²) >= 11 is 0. The molecule has 4 N–H and O–H groups in total. The predicted octanol–water partition coefficient (Wildman–Crippen LogP) is 0.447. The molecule has 0 bridgehead atoms. The Morgan fingerprint density at radius 3 is 2.54 bits per heavy atom. The third-order valence-corrected chi connectivity index (χ3v) is 5.89. The molecule has 4 amide bonds. The Bertz CT molecular complexity index is 853. The molecule has 1 saturated heterocycles. The van der Waals surface area contributed by atoms with Gasteiger partial charge in [-0.25, -0.2) is 0 Å². The van der Waals surface area contributed by atoms with E-state index >= 15 is 0 Å². The van der Waals surface area contributed by atoms with Crippen LogP contribution < -0.4 is 16.4 Å². The van der Waals surface area contributed by atoms with Gasteiger partial charge < -0.3 is 11.1 Å². The van der Waals surface area contributed by atoms with Crippen LogP contribution in [-0.2, 0) is 16.1 Å². The fourth-order valence-corrected chi connectivity index (χ4v) is 4.29. The molecule has 8 heteroatoms. The van der Waals surface area contributed by atoms with Crippen LogP contribution in [-0.4, -0.2) is 46.7 Å². The summed E-state index contributed by atoms with van der Waals surface area (Å²) in [5.41, 5.74) is 7.67. The molecule has 3 atom stereocenters. The number of hydrogen-bond donors (Lipinski definition) is 3. The molecule has 28 heavy (non-hydrogen) atoms. The van der Waals surface area contributed by atoms with Gasteiger partial charge in [0.05, 0.1) is 11.1 Å². The van der Waals surface area contributed by atoms with Crippen LogP contribution in [0.2, 0.25) is 0 Å². The summed E-state index contributed by atoms with van der Waals surface area (Å²) in [5.74, 6) is -1.94. The second-order valence-corrected chi connectivity index (χ2v) is 7.76. The normalized spacial score (nSPS) is 27.8. The van der Waals surface area contributed by atoms with E-state index in [1.807, 2.05) is 6.07 Å². The lowest BCUT2D eigenvalue weighted by atomic mass is 9.91. The number of amides is 4. The van der Waals surface area contributed by atoms with Gasteiger partial charge in [-0.2, -0.15) is 0 Å². The van der Waals surface area contributed by atoms with Crippen molar-refractivity contribution in [2.75, 3.05) is 0 Å². The van der Waals surface area contributed by atoms with Gasteiger partial charge in [-0.3, -0.25) is 29.4 Å². The second kappa shape index (κ2) is 7.44. The molecule has 2 fully saturated rings. The van der Waals surface area contributed by atoms with E-state index < -0.39 is 23.8 Å². The third kappa shape index (κ3) is 3.33. The number of piperidine rings is 1. The van der Waals surface area contributed by atoms with Crippen LogP contribution >= 0.6 is 0 Å². The number of nitrogens with one attached hydrogen (secondary N) is 2. The van der Waals surface area contributed by atoms with E-state index in [4.69, 9.17) is 5.73 Å². The van der Waals surface area contributed by atoms with Crippen molar-refractivity contribution in [3.63, 3.8) is 0 Å².